The van der Waals surface area contributed by atoms with Crippen LogP contribution in [-0.2, 0) is 6.42 Å². The second kappa shape index (κ2) is 9.60. The van der Waals surface area contributed by atoms with Crippen LogP contribution in [0.2, 0.25) is 0 Å². The molecule has 0 atom stereocenters. The van der Waals surface area contributed by atoms with Crippen LogP contribution in [0.15, 0.2) is 59.1 Å². The van der Waals surface area contributed by atoms with Gasteiger partial charge in [-0.05, 0) is 50.1 Å². The Bertz CT molecular complexity index is 1050. The van der Waals surface area contributed by atoms with E-state index in [-0.39, 0.29) is 5.91 Å². The number of halogens is 1. The van der Waals surface area contributed by atoms with E-state index in [1.54, 1.807) is 0 Å². The van der Waals surface area contributed by atoms with E-state index in [0.717, 1.165) is 59.8 Å². The molecule has 2 heterocycles. The van der Waals surface area contributed by atoms with Gasteiger partial charge in [-0.1, -0.05) is 46.3 Å². The summed E-state index contributed by atoms with van der Waals surface area (Å²) in [5.41, 5.74) is 4.18. The monoisotopic (exact) mass is 478 g/mol. The van der Waals surface area contributed by atoms with Crippen molar-refractivity contribution in [1.82, 2.24) is 14.9 Å². The van der Waals surface area contributed by atoms with Gasteiger partial charge in [0.25, 0.3) is 5.91 Å². The number of hydrogen-bond acceptors (Lipinski definition) is 4. The first-order valence-electron chi connectivity index (χ1n) is 10.7. The zero-order valence-corrected chi connectivity index (χ0v) is 19.6. The van der Waals surface area contributed by atoms with E-state index in [1.165, 1.54) is 11.1 Å². The fraction of sp³-hybridized carbons (Fsp3) is 0.320. The number of aromatic nitrogens is 2. The van der Waals surface area contributed by atoms with Gasteiger partial charge < -0.3 is 9.80 Å². The Morgan fingerprint density at radius 3 is 2.42 bits per heavy atom. The van der Waals surface area contributed by atoms with E-state index in [1.807, 2.05) is 42.2 Å². The molecule has 0 radical (unpaired) electrons. The summed E-state index contributed by atoms with van der Waals surface area (Å²) >= 11 is 3.44. The number of rotatable bonds is 4. The van der Waals surface area contributed by atoms with E-state index >= 15 is 0 Å². The highest BCUT2D eigenvalue weighted by molar-refractivity contribution is 9.10. The summed E-state index contributed by atoms with van der Waals surface area (Å²) in [6, 6.07) is 18.0. The molecule has 1 fully saturated rings. The lowest BCUT2D eigenvalue weighted by Gasteiger charge is -2.26. The van der Waals surface area contributed by atoms with Crippen LogP contribution >= 0.6 is 15.9 Å². The highest BCUT2D eigenvalue weighted by Crippen LogP contribution is 2.25. The van der Waals surface area contributed by atoms with Gasteiger partial charge in [0.15, 0.2) is 0 Å². The summed E-state index contributed by atoms with van der Waals surface area (Å²) in [7, 11) is 0. The van der Waals surface area contributed by atoms with Crippen LogP contribution in [0, 0.1) is 13.8 Å². The number of aryl methyl sites for hydroxylation is 2. The molecule has 160 valence electrons. The molecule has 4 rings (SSSR count). The molecule has 2 aromatic carbocycles. The van der Waals surface area contributed by atoms with Crippen LogP contribution in [0.4, 0.5) is 5.82 Å². The van der Waals surface area contributed by atoms with E-state index in [9.17, 15) is 4.79 Å². The minimum absolute atomic E-state index is 0.0916. The molecule has 3 aromatic rings. The molecule has 1 aromatic heterocycles. The molecular weight excluding hydrogens is 452 g/mol. The summed E-state index contributed by atoms with van der Waals surface area (Å²) < 4.78 is 0.978. The van der Waals surface area contributed by atoms with Gasteiger partial charge in [-0.3, -0.25) is 4.79 Å². The average molecular weight is 479 g/mol. The number of anilines is 1. The highest BCUT2D eigenvalue weighted by Gasteiger charge is 2.23. The summed E-state index contributed by atoms with van der Waals surface area (Å²) in [5, 5.41) is 0. The largest absolute Gasteiger partial charge is 0.354 e. The molecule has 0 N–H and O–H groups in total. The first-order valence-corrected chi connectivity index (χ1v) is 11.5. The Hall–Kier alpha value is -2.73. The second-order valence-corrected chi connectivity index (χ2v) is 8.88. The number of hydrogen-bond donors (Lipinski definition) is 0. The number of carbonyl (C=O) groups is 1. The molecule has 1 aliphatic heterocycles. The molecule has 0 unspecified atom stereocenters. The van der Waals surface area contributed by atoms with Gasteiger partial charge >= 0.3 is 0 Å². The molecular formula is C25H27BrN4O. The van der Waals surface area contributed by atoms with Crippen molar-refractivity contribution in [3.63, 3.8) is 0 Å². The zero-order valence-electron chi connectivity index (χ0n) is 18.0. The van der Waals surface area contributed by atoms with Crippen molar-refractivity contribution < 1.29 is 4.79 Å². The lowest BCUT2D eigenvalue weighted by Crippen LogP contribution is -2.35. The maximum absolute atomic E-state index is 13.0. The first-order chi connectivity index (χ1) is 15.0. The van der Waals surface area contributed by atoms with E-state index < -0.39 is 0 Å². The summed E-state index contributed by atoms with van der Waals surface area (Å²) in [6.07, 6.45) is 1.72. The summed E-state index contributed by atoms with van der Waals surface area (Å²) in [6.45, 7) is 7.09. The maximum atomic E-state index is 13.0. The van der Waals surface area contributed by atoms with Gasteiger partial charge in [-0.2, -0.15) is 0 Å². The molecule has 5 nitrogen and oxygen atoms in total. The Labute approximate surface area is 192 Å². The molecule has 0 saturated carbocycles. The quantitative estimate of drug-likeness (QED) is 0.540. The van der Waals surface area contributed by atoms with Crippen LogP contribution in [0.3, 0.4) is 0 Å². The highest BCUT2D eigenvalue weighted by atomic mass is 79.9. The Morgan fingerprint density at radius 1 is 0.935 bits per heavy atom. The Morgan fingerprint density at radius 2 is 1.68 bits per heavy atom. The van der Waals surface area contributed by atoms with Crippen molar-refractivity contribution in [3.8, 4) is 0 Å². The van der Waals surface area contributed by atoms with Crippen molar-refractivity contribution in [2.75, 3.05) is 31.1 Å². The molecule has 1 amide bonds. The molecule has 31 heavy (non-hydrogen) atoms. The van der Waals surface area contributed by atoms with Gasteiger partial charge in [0.05, 0.1) is 0 Å². The average Bonchev–Trinajstić information content (AvgIpc) is 3.02. The number of carbonyl (C=O) groups excluding carboxylic acids is 1. The number of nitrogens with zero attached hydrogens (tertiary/aromatic N) is 4. The smallest absolute Gasteiger partial charge is 0.253 e. The lowest BCUT2D eigenvalue weighted by atomic mass is 10.0. The van der Waals surface area contributed by atoms with Gasteiger partial charge in [0, 0.05) is 53.9 Å². The van der Waals surface area contributed by atoms with Crippen LogP contribution in [-0.4, -0.2) is 47.0 Å². The number of amides is 1. The van der Waals surface area contributed by atoms with E-state index in [0.29, 0.717) is 6.54 Å². The standard InChI is InChI=1S/C25H27BrN4O/c1-18-23(17-20-7-4-3-5-8-20)24(28-19(2)27-18)29-13-6-14-30(16-15-29)25(31)21-9-11-22(26)12-10-21/h3-5,7-12H,6,13-17H2,1-2H3. The third-order valence-corrected chi connectivity index (χ3v) is 6.23. The van der Waals surface area contributed by atoms with E-state index in [2.05, 4.69) is 57.0 Å². The second-order valence-electron chi connectivity index (χ2n) is 7.96. The third-order valence-electron chi connectivity index (χ3n) is 5.70. The van der Waals surface area contributed by atoms with E-state index in [4.69, 9.17) is 4.98 Å². The minimum Gasteiger partial charge on any atom is -0.354 e. The molecule has 1 aliphatic rings. The third kappa shape index (κ3) is 5.13. The Kier molecular flexibility index (Phi) is 6.66. The fourth-order valence-electron chi connectivity index (χ4n) is 4.09. The predicted octanol–water partition coefficient (Wildman–Crippen LogP) is 4.80. The van der Waals surface area contributed by atoms with Gasteiger partial charge in [0.2, 0.25) is 0 Å². The van der Waals surface area contributed by atoms with Gasteiger partial charge in [-0.25, -0.2) is 9.97 Å². The van der Waals surface area contributed by atoms with Crippen molar-refractivity contribution in [2.45, 2.75) is 26.7 Å². The molecule has 1 saturated heterocycles. The SMILES string of the molecule is Cc1nc(C)c(Cc2ccccc2)c(N2CCCN(C(=O)c3ccc(Br)cc3)CC2)n1. The molecule has 0 spiro atoms. The molecule has 6 heteroatoms. The van der Waals surface area contributed by atoms with Gasteiger partial charge in [0.1, 0.15) is 11.6 Å². The summed E-state index contributed by atoms with van der Waals surface area (Å²) in [5.74, 6) is 1.89. The topological polar surface area (TPSA) is 49.3 Å². The first kappa shape index (κ1) is 21.5. The zero-order chi connectivity index (χ0) is 21.8. The van der Waals surface area contributed by atoms with Crippen LogP contribution in [0.5, 0.6) is 0 Å². The number of benzene rings is 2. The van der Waals surface area contributed by atoms with Crippen LogP contribution in [0.1, 0.15) is 39.4 Å². The van der Waals surface area contributed by atoms with Crippen LogP contribution in [0.25, 0.3) is 0 Å². The summed E-state index contributed by atoms with van der Waals surface area (Å²) in [4.78, 5) is 26.7. The van der Waals surface area contributed by atoms with Crippen molar-refractivity contribution in [3.05, 3.63) is 87.3 Å². The van der Waals surface area contributed by atoms with Crippen molar-refractivity contribution in [2.24, 2.45) is 0 Å². The molecule has 0 aliphatic carbocycles. The maximum Gasteiger partial charge on any atom is 0.253 e. The van der Waals surface area contributed by atoms with Crippen molar-refractivity contribution >= 4 is 27.7 Å². The van der Waals surface area contributed by atoms with Crippen LogP contribution < -0.4 is 4.90 Å². The van der Waals surface area contributed by atoms with Gasteiger partial charge in [-0.15, -0.1) is 0 Å². The van der Waals surface area contributed by atoms with Crippen molar-refractivity contribution in [1.29, 1.82) is 0 Å². The predicted molar refractivity (Wildman–Crippen MR) is 128 cm³/mol. The lowest BCUT2D eigenvalue weighted by molar-refractivity contribution is 0.0767. The fourth-order valence-corrected chi connectivity index (χ4v) is 4.36. The normalized spacial score (nSPS) is 14.4. The minimum atomic E-state index is 0.0916. The molecule has 0 bridgehead atoms. The Balaban J connectivity index is 1.55.